The second-order valence-corrected chi connectivity index (χ2v) is 16.6. The Kier molecular flexibility index (Phi) is 12.1. The summed E-state index contributed by atoms with van der Waals surface area (Å²) in [6, 6.07) is 1.73. The molecule has 0 spiro atoms. The molecule has 11 heteroatoms. The summed E-state index contributed by atoms with van der Waals surface area (Å²) in [7, 11) is -3.84. The number of hydrogen-bond acceptors (Lipinski definition) is 5. The molecule has 2 amide bonds. The normalized spacial score (nSPS) is 12.3. The third-order valence-electron chi connectivity index (χ3n) is 3.82. The molecule has 0 radical (unpaired) electrons. The van der Waals surface area contributed by atoms with E-state index in [2.05, 4.69) is 36.8 Å². The van der Waals surface area contributed by atoms with Crippen LogP contribution in [-0.2, 0) is 23.3 Å². The number of carboxylic acids is 2. The van der Waals surface area contributed by atoms with Gasteiger partial charge in [-0.25, -0.2) is 9.59 Å². The van der Waals surface area contributed by atoms with Crippen LogP contribution >= 0.6 is 0 Å². The van der Waals surface area contributed by atoms with Gasteiger partial charge < -0.3 is 25.0 Å². The molecule has 4 N–H and O–H groups in total. The van der Waals surface area contributed by atoms with Crippen LogP contribution in [-0.4, -0.2) is 63.7 Å². The van der Waals surface area contributed by atoms with Crippen LogP contribution in [0.4, 0.5) is 0 Å². The third-order valence-corrected chi connectivity index (χ3v) is 11.4. The molecule has 0 saturated carbocycles. The topological polar surface area (TPSA) is 142 Å². The van der Waals surface area contributed by atoms with E-state index in [1.807, 2.05) is 0 Å². The van der Waals surface area contributed by atoms with Crippen molar-refractivity contribution in [3.8, 4) is 0 Å². The van der Waals surface area contributed by atoms with E-state index in [9.17, 15) is 19.2 Å². The zero-order valence-electron chi connectivity index (χ0n) is 17.5. The Hall–Kier alpha value is -2.25. The van der Waals surface area contributed by atoms with Gasteiger partial charge >= 0.3 is 11.9 Å². The maximum Gasteiger partial charge on any atom is 0.328 e. The van der Waals surface area contributed by atoms with Crippen molar-refractivity contribution in [3.05, 3.63) is 24.3 Å². The number of carboxylic acid groups (broad SMARTS) is 2. The number of carbonyl (C=O) groups is 4. The summed E-state index contributed by atoms with van der Waals surface area (Å²) in [5, 5.41) is 22.3. The largest absolute Gasteiger partial charge is 0.478 e. The molecular formula is C18H32N2O7Si2. The highest BCUT2D eigenvalue weighted by Gasteiger charge is 2.32. The molecule has 0 bridgehead atoms. The Labute approximate surface area is 173 Å². The van der Waals surface area contributed by atoms with Crippen molar-refractivity contribution in [1.29, 1.82) is 0 Å². The van der Waals surface area contributed by atoms with Gasteiger partial charge in [0.2, 0.25) is 11.8 Å². The summed E-state index contributed by atoms with van der Waals surface area (Å²) < 4.78 is 6.47. The molecule has 0 aromatic carbocycles. The Morgan fingerprint density at radius 2 is 1.07 bits per heavy atom. The lowest BCUT2D eigenvalue weighted by atomic mass is 10.4. The number of nitrogens with one attached hydrogen (secondary N) is 2. The van der Waals surface area contributed by atoms with Crippen LogP contribution in [0.5, 0.6) is 0 Å². The van der Waals surface area contributed by atoms with E-state index in [1.54, 1.807) is 0 Å². The Morgan fingerprint density at radius 1 is 0.724 bits per heavy atom. The first-order chi connectivity index (χ1) is 13.3. The van der Waals surface area contributed by atoms with Gasteiger partial charge in [0.05, 0.1) is 0 Å². The quantitative estimate of drug-likeness (QED) is 0.181. The van der Waals surface area contributed by atoms with Crippen LogP contribution in [0.25, 0.3) is 0 Å². The second-order valence-electron chi connectivity index (χ2n) is 7.75. The maximum atomic E-state index is 11.4. The SMILES string of the molecule is C[Si](C)(CCCNC(=O)/C=C/C(=O)O)O[Si](C)(C)CCCNC(=O)/C=C/C(=O)O. The van der Waals surface area contributed by atoms with Gasteiger partial charge in [-0.1, -0.05) is 0 Å². The minimum absolute atomic E-state index is 0.428. The average Bonchev–Trinajstić information content (AvgIpc) is 2.58. The molecule has 0 saturated heterocycles. The van der Waals surface area contributed by atoms with Crippen LogP contribution in [0.1, 0.15) is 12.8 Å². The number of aliphatic carboxylic acids is 2. The van der Waals surface area contributed by atoms with E-state index in [0.29, 0.717) is 13.1 Å². The molecule has 0 unspecified atom stereocenters. The molecule has 0 aromatic heterocycles. The second kappa shape index (κ2) is 13.1. The molecule has 0 aromatic rings. The molecule has 29 heavy (non-hydrogen) atoms. The van der Waals surface area contributed by atoms with Crippen molar-refractivity contribution in [2.24, 2.45) is 0 Å². The first-order valence-corrected chi connectivity index (χ1v) is 15.6. The van der Waals surface area contributed by atoms with Crippen molar-refractivity contribution in [1.82, 2.24) is 10.6 Å². The fourth-order valence-corrected chi connectivity index (χ4v) is 11.6. The predicted molar refractivity (Wildman–Crippen MR) is 114 cm³/mol. The predicted octanol–water partition coefficient (Wildman–Crippen LogP) is 1.71. The number of hydrogen-bond donors (Lipinski definition) is 4. The molecule has 9 nitrogen and oxygen atoms in total. The lowest BCUT2D eigenvalue weighted by Crippen LogP contribution is -2.44. The van der Waals surface area contributed by atoms with Crippen LogP contribution in [0, 0.1) is 0 Å². The highest BCUT2D eigenvalue weighted by molar-refractivity contribution is 6.84. The molecule has 0 fully saturated rings. The van der Waals surface area contributed by atoms with Crippen LogP contribution in [0.15, 0.2) is 24.3 Å². The van der Waals surface area contributed by atoms with Gasteiger partial charge in [0, 0.05) is 37.4 Å². The van der Waals surface area contributed by atoms with Crippen molar-refractivity contribution in [2.45, 2.75) is 51.1 Å². The number of rotatable bonds is 14. The fraction of sp³-hybridized carbons (Fsp3) is 0.556. The molecule has 0 aliphatic carbocycles. The van der Waals surface area contributed by atoms with E-state index >= 15 is 0 Å². The third kappa shape index (κ3) is 16.4. The van der Waals surface area contributed by atoms with Crippen molar-refractivity contribution >= 4 is 40.4 Å². The van der Waals surface area contributed by atoms with Gasteiger partial charge in [-0.05, 0) is 51.1 Å². The van der Waals surface area contributed by atoms with E-state index in [4.69, 9.17) is 14.3 Å². The van der Waals surface area contributed by atoms with Crippen molar-refractivity contribution < 1.29 is 33.5 Å². The first kappa shape index (κ1) is 26.8. The summed E-state index contributed by atoms with van der Waals surface area (Å²) >= 11 is 0. The molecule has 0 atom stereocenters. The summed E-state index contributed by atoms with van der Waals surface area (Å²) in [5.41, 5.74) is 0. The van der Waals surface area contributed by atoms with Crippen LogP contribution in [0.2, 0.25) is 38.3 Å². The van der Waals surface area contributed by atoms with E-state index in [0.717, 1.165) is 49.2 Å². The van der Waals surface area contributed by atoms with Crippen molar-refractivity contribution in [2.75, 3.05) is 13.1 Å². The van der Waals surface area contributed by atoms with Gasteiger partial charge in [-0.2, -0.15) is 0 Å². The minimum atomic E-state index is -1.92. The monoisotopic (exact) mass is 444 g/mol. The Bertz CT molecular complexity index is 592. The molecule has 0 aliphatic heterocycles. The van der Waals surface area contributed by atoms with Gasteiger partial charge in [0.15, 0.2) is 16.6 Å². The highest BCUT2D eigenvalue weighted by Crippen LogP contribution is 2.23. The maximum absolute atomic E-state index is 11.4. The zero-order valence-corrected chi connectivity index (χ0v) is 19.5. The summed E-state index contributed by atoms with van der Waals surface area (Å²) in [6.45, 7) is 9.44. The zero-order chi connectivity index (χ0) is 22.5. The summed E-state index contributed by atoms with van der Waals surface area (Å²) in [4.78, 5) is 43.6. The van der Waals surface area contributed by atoms with Gasteiger partial charge in [-0.15, -0.1) is 0 Å². The Balaban J connectivity index is 4.17. The van der Waals surface area contributed by atoms with E-state index in [-0.39, 0.29) is 0 Å². The minimum Gasteiger partial charge on any atom is -0.478 e. The average molecular weight is 445 g/mol. The molecular weight excluding hydrogens is 412 g/mol. The molecule has 0 heterocycles. The van der Waals surface area contributed by atoms with Gasteiger partial charge in [0.1, 0.15) is 0 Å². The smallest absolute Gasteiger partial charge is 0.328 e. The number of amides is 2. The summed E-state index contributed by atoms with van der Waals surface area (Å²) in [6.07, 6.45) is 5.10. The van der Waals surface area contributed by atoms with E-state index in [1.165, 1.54) is 0 Å². The van der Waals surface area contributed by atoms with Crippen LogP contribution < -0.4 is 10.6 Å². The fourth-order valence-electron chi connectivity index (χ4n) is 2.71. The number of carbonyl (C=O) groups excluding carboxylic acids is 2. The molecule has 0 rings (SSSR count). The lowest BCUT2D eigenvalue weighted by Gasteiger charge is -2.34. The first-order valence-electron chi connectivity index (χ1n) is 9.41. The standard InChI is InChI=1S/C18H32N2O7Si2/c1-28(2,13-5-11-19-15(21)7-9-17(23)24)27-29(3,4)14-6-12-20-16(22)8-10-18(25)26/h7-10H,5-6,11-14H2,1-4H3,(H,19,21)(H,20,22)(H,23,24)(H,25,26)/b9-7+,10-8+. The molecule has 164 valence electrons. The lowest BCUT2D eigenvalue weighted by molar-refractivity contribution is -0.132. The van der Waals surface area contributed by atoms with Crippen molar-refractivity contribution in [3.63, 3.8) is 0 Å². The Morgan fingerprint density at radius 3 is 1.38 bits per heavy atom. The summed E-state index contributed by atoms with van der Waals surface area (Å²) in [5.74, 6) is -3.18. The van der Waals surface area contributed by atoms with Gasteiger partial charge in [0.25, 0.3) is 0 Å². The van der Waals surface area contributed by atoms with E-state index < -0.39 is 40.4 Å². The van der Waals surface area contributed by atoms with Gasteiger partial charge in [-0.3, -0.25) is 9.59 Å². The van der Waals surface area contributed by atoms with Crippen LogP contribution in [0.3, 0.4) is 0 Å². The highest BCUT2D eigenvalue weighted by atomic mass is 28.4. The molecule has 0 aliphatic rings.